The van der Waals surface area contributed by atoms with Gasteiger partial charge in [0.15, 0.2) is 0 Å². The third-order valence-electron chi connectivity index (χ3n) is 5.17. The summed E-state index contributed by atoms with van der Waals surface area (Å²) in [6.07, 6.45) is 0. The van der Waals surface area contributed by atoms with Crippen LogP contribution >= 0.6 is 0 Å². The maximum atomic E-state index is 12.6. The van der Waals surface area contributed by atoms with Gasteiger partial charge < -0.3 is 15.0 Å². The minimum absolute atomic E-state index is 0.0141. The number of hydrogen-bond acceptors (Lipinski definition) is 5. The van der Waals surface area contributed by atoms with Crippen LogP contribution < -0.4 is 10.5 Å². The van der Waals surface area contributed by atoms with Gasteiger partial charge in [0.05, 0.1) is 18.7 Å². The van der Waals surface area contributed by atoms with Crippen LogP contribution in [0.2, 0.25) is 0 Å². The van der Waals surface area contributed by atoms with Crippen LogP contribution in [0.1, 0.15) is 22.5 Å². The number of nitrogens with one attached hydrogen (secondary N) is 2. The fraction of sp³-hybridized carbons (Fsp3) is 0.273. The summed E-state index contributed by atoms with van der Waals surface area (Å²) in [5.41, 5.74) is 3.64. The van der Waals surface area contributed by atoms with E-state index < -0.39 is 0 Å². The van der Waals surface area contributed by atoms with E-state index in [9.17, 15) is 9.90 Å². The summed E-state index contributed by atoms with van der Waals surface area (Å²) >= 11 is 0. The first-order valence-corrected chi connectivity index (χ1v) is 9.98. The Kier molecular flexibility index (Phi) is 5.97. The lowest BCUT2D eigenvalue weighted by molar-refractivity contribution is -0.928. The number of pyridine rings is 1. The molecule has 0 spiro atoms. The van der Waals surface area contributed by atoms with Crippen molar-refractivity contribution in [3.8, 4) is 0 Å². The van der Waals surface area contributed by atoms with Crippen molar-refractivity contribution in [2.75, 3.05) is 13.2 Å². The third kappa shape index (κ3) is 4.61. The van der Waals surface area contributed by atoms with E-state index >= 15 is 0 Å². The second-order valence-electron chi connectivity index (χ2n) is 7.53. The van der Waals surface area contributed by atoms with Crippen LogP contribution in [0.15, 0.2) is 59.4 Å². The Balaban J connectivity index is 1.56. The number of quaternary nitrogens is 1. The molecule has 2 aromatic heterocycles. The first kappa shape index (κ1) is 19.9. The topological polar surface area (TPSA) is 101 Å². The van der Waals surface area contributed by atoms with Gasteiger partial charge >= 0.3 is 0 Å². The fourth-order valence-corrected chi connectivity index (χ4v) is 3.62. The van der Waals surface area contributed by atoms with Crippen LogP contribution in [-0.4, -0.2) is 43.4 Å². The van der Waals surface area contributed by atoms with Gasteiger partial charge in [-0.25, -0.2) is 4.68 Å². The smallest absolute Gasteiger partial charge is 0.257 e. The van der Waals surface area contributed by atoms with Gasteiger partial charge in [0.2, 0.25) is 5.82 Å². The molecule has 1 unspecified atom stereocenters. The molecular formula is C22H25N6O2+. The van der Waals surface area contributed by atoms with Gasteiger partial charge in [-0.1, -0.05) is 42.0 Å². The molecule has 0 aliphatic heterocycles. The Hall–Kier alpha value is -3.36. The van der Waals surface area contributed by atoms with Crippen LogP contribution in [0.4, 0.5) is 0 Å². The lowest BCUT2D eigenvalue weighted by atomic mass is 10.1. The SMILES string of the molecule is Cc1ccc2[nH]c(=O)c(C[NH+](CCO)Cc3nnnn3Cc3ccccc3)cc2c1. The van der Waals surface area contributed by atoms with E-state index in [0.29, 0.717) is 31.7 Å². The Labute approximate surface area is 173 Å². The van der Waals surface area contributed by atoms with Crippen molar-refractivity contribution < 1.29 is 10.0 Å². The monoisotopic (exact) mass is 405 g/mol. The predicted octanol–water partition coefficient (Wildman–Crippen LogP) is 0.449. The van der Waals surface area contributed by atoms with Crippen LogP contribution in [-0.2, 0) is 19.6 Å². The molecular weight excluding hydrogens is 380 g/mol. The summed E-state index contributed by atoms with van der Waals surface area (Å²) < 4.78 is 1.76. The van der Waals surface area contributed by atoms with E-state index in [4.69, 9.17) is 0 Å². The molecule has 0 saturated carbocycles. The molecule has 0 radical (unpaired) electrons. The van der Waals surface area contributed by atoms with Crippen LogP contribution in [0, 0.1) is 6.92 Å². The number of aliphatic hydroxyl groups excluding tert-OH is 1. The van der Waals surface area contributed by atoms with Gasteiger partial charge in [0.1, 0.15) is 19.6 Å². The zero-order chi connectivity index (χ0) is 20.9. The number of fused-ring (bicyclic) bond motifs is 1. The van der Waals surface area contributed by atoms with E-state index in [0.717, 1.165) is 32.8 Å². The summed E-state index contributed by atoms with van der Waals surface area (Å²) in [5.74, 6) is 0.718. The largest absolute Gasteiger partial charge is 0.391 e. The van der Waals surface area contributed by atoms with E-state index in [-0.39, 0.29) is 12.2 Å². The van der Waals surface area contributed by atoms with Crippen molar-refractivity contribution in [3.63, 3.8) is 0 Å². The second kappa shape index (κ2) is 8.98. The van der Waals surface area contributed by atoms with Crippen molar-refractivity contribution in [2.24, 2.45) is 0 Å². The van der Waals surface area contributed by atoms with Crippen LogP contribution in [0.3, 0.4) is 0 Å². The van der Waals surface area contributed by atoms with Crippen molar-refractivity contribution in [3.05, 3.63) is 87.5 Å². The minimum Gasteiger partial charge on any atom is -0.391 e. The standard InChI is InChI=1S/C22H24N6O2/c1-16-7-8-20-18(11-16)12-19(22(30)23-20)14-27(9-10-29)15-21-24-25-26-28(21)13-17-5-3-2-4-6-17/h2-8,11-12,29H,9-10,13-15H2,1H3,(H,23,30)/p+1. The van der Waals surface area contributed by atoms with Crippen molar-refractivity contribution >= 4 is 10.9 Å². The Morgan fingerprint density at radius 1 is 1.10 bits per heavy atom. The lowest BCUT2D eigenvalue weighted by Crippen LogP contribution is -3.10. The molecule has 4 rings (SSSR count). The molecule has 0 fully saturated rings. The van der Waals surface area contributed by atoms with Gasteiger partial charge in [-0.2, -0.15) is 0 Å². The second-order valence-corrected chi connectivity index (χ2v) is 7.53. The summed E-state index contributed by atoms with van der Waals surface area (Å²) in [5, 5.41) is 22.7. The van der Waals surface area contributed by atoms with Crippen molar-refractivity contribution in [1.82, 2.24) is 25.2 Å². The molecule has 0 aliphatic carbocycles. The van der Waals surface area contributed by atoms with Gasteiger partial charge in [0.25, 0.3) is 5.56 Å². The minimum atomic E-state index is -0.106. The van der Waals surface area contributed by atoms with Gasteiger partial charge in [-0.3, -0.25) is 4.79 Å². The zero-order valence-electron chi connectivity index (χ0n) is 16.9. The summed E-state index contributed by atoms with van der Waals surface area (Å²) in [7, 11) is 0. The number of hydrogen-bond donors (Lipinski definition) is 3. The van der Waals surface area contributed by atoms with E-state index in [1.54, 1.807) is 4.68 Å². The molecule has 0 aliphatic rings. The summed E-state index contributed by atoms with van der Waals surface area (Å²) in [4.78, 5) is 16.6. The number of H-pyrrole nitrogens is 1. The average Bonchev–Trinajstić information content (AvgIpc) is 3.16. The highest BCUT2D eigenvalue weighted by molar-refractivity contribution is 5.79. The average molecular weight is 405 g/mol. The summed E-state index contributed by atoms with van der Waals surface area (Å²) in [6, 6.07) is 17.9. The molecule has 8 heteroatoms. The normalized spacial score (nSPS) is 12.3. The highest BCUT2D eigenvalue weighted by Gasteiger charge is 2.18. The maximum absolute atomic E-state index is 12.6. The maximum Gasteiger partial charge on any atom is 0.257 e. The third-order valence-corrected chi connectivity index (χ3v) is 5.17. The lowest BCUT2D eigenvalue weighted by Gasteiger charge is -2.18. The fourth-order valence-electron chi connectivity index (χ4n) is 3.62. The summed E-state index contributed by atoms with van der Waals surface area (Å²) in [6.45, 7) is 4.08. The molecule has 3 N–H and O–H groups in total. The predicted molar refractivity (Wildman–Crippen MR) is 113 cm³/mol. The molecule has 0 bridgehead atoms. The Morgan fingerprint density at radius 2 is 1.93 bits per heavy atom. The van der Waals surface area contributed by atoms with Gasteiger partial charge in [0, 0.05) is 5.52 Å². The number of tetrazole rings is 1. The molecule has 154 valence electrons. The Bertz CT molecular complexity index is 1190. The number of aromatic nitrogens is 5. The molecule has 0 saturated heterocycles. The van der Waals surface area contributed by atoms with E-state index in [1.165, 1.54) is 0 Å². The van der Waals surface area contributed by atoms with Crippen LogP contribution in [0.5, 0.6) is 0 Å². The highest BCUT2D eigenvalue weighted by Crippen LogP contribution is 2.13. The first-order valence-electron chi connectivity index (χ1n) is 9.98. The molecule has 1 atom stereocenters. The molecule has 2 heterocycles. The van der Waals surface area contributed by atoms with Gasteiger partial charge in [-0.05, 0) is 46.5 Å². The molecule has 4 aromatic rings. The Morgan fingerprint density at radius 3 is 2.73 bits per heavy atom. The van der Waals surface area contributed by atoms with Gasteiger partial charge in [-0.15, -0.1) is 5.10 Å². The molecule has 8 nitrogen and oxygen atoms in total. The quantitative estimate of drug-likeness (QED) is 0.395. The number of benzene rings is 2. The number of aryl methyl sites for hydroxylation is 1. The van der Waals surface area contributed by atoms with E-state index in [2.05, 4.69) is 26.6 Å². The zero-order valence-corrected chi connectivity index (χ0v) is 16.9. The number of rotatable bonds is 8. The number of aromatic amines is 1. The first-order chi connectivity index (χ1) is 14.6. The van der Waals surface area contributed by atoms with Crippen molar-refractivity contribution in [2.45, 2.75) is 26.6 Å². The van der Waals surface area contributed by atoms with Crippen molar-refractivity contribution in [1.29, 1.82) is 0 Å². The van der Waals surface area contributed by atoms with Crippen LogP contribution in [0.25, 0.3) is 10.9 Å². The number of aliphatic hydroxyl groups is 1. The molecule has 30 heavy (non-hydrogen) atoms. The molecule has 2 aromatic carbocycles. The van der Waals surface area contributed by atoms with E-state index in [1.807, 2.05) is 55.5 Å². The number of nitrogens with zero attached hydrogens (tertiary/aromatic N) is 4. The highest BCUT2D eigenvalue weighted by atomic mass is 16.3. The molecule has 0 amide bonds.